The molecule has 0 spiro atoms. The Hall–Kier alpha value is -1.72. The van der Waals surface area contributed by atoms with Gasteiger partial charge in [-0.05, 0) is 36.3 Å². The zero-order valence-corrected chi connectivity index (χ0v) is 20.3. The third kappa shape index (κ3) is 3.21. The maximum absolute atomic E-state index is 13.3. The van der Waals surface area contributed by atoms with Crippen LogP contribution in [0.2, 0.25) is 10.0 Å². The standard InChI is InChI=1S/C23H31Cl2NO4/c1-12-15(18(27)28)16(13-10-9-11-14(24)17(13)25)23(19(29)30,21(5,6)7)22(8,26-12)20(2,3)4/h9-11,16,26H,1-8H3,(H,27,28)(H,29,30). The average molecular weight is 456 g/mol. The average Bonchev–Trinajstić information content (AvgIpc) is 2.53. The first-order valence-electron chi connectivity index (χ1n) is 9.84. The van der Waals surface area contributed by atoms with Crippen molar-refractivity contribution in [3.05, 3.63) is 45.1 Å². The molecule has 1 aromatic rings. The lowest BCUT2D eigenvalue weighted by molar-refractivity contribution is -0.178. The summed E-state index contributed by atoms with van der Waals surface area (Å²) in [6.45, 7) is 14.9. The number of rotatable bonds is 3. The first-order chi connectivity index (χ1) is 13.4. The first-order valence-corrected chi connectivity index (χ1v) is 10.6. The van der Waals surface area contributed by atoms with Crippen LogP contribution in [0.1, 0.15) is 66.9 Å². The predicted octanol–water partition coefficient (Wildman–Crippen LogP) is 5.96. The van der Waals surface area contributed by atoms with Gasteiger partial charge in [-0.3, -0.25) is 4.79 Å². The van der Waals surface area contributed by atoms with Gasteiger partial charge in [-0.15, -0.1) is 0 Å². The smallest absolute Gasteiger partial charge is 0.333 e. The van der Waals surface area contributed by atoms with Crippen molar-refractivity contribution in [2.75, 3.05) is 0 Å². The highest BCUT2D eigenvalue weighted by atomic mass is 35.5. The van der Waals surface area contributed by atoms with Gasteiger partial charge >= 0.3 is 11.9 Å². The summed E-state index contributed by atoms with van der Waals surface area (Å²) in [5, 5.41) is 24.8. The Kier molecular flexibility index (Phi) is 6.10. The number of carbonyl (C=O) groups is 2. The van der Waals surface area contributed by atoms with Gasteiger partial charge in [-0.2, -0.15) is 0 Å². The van der Waals surface area contributed by atoms with Crippen LogP contribution < -0.4 is 5.32 Å². The maximum atomic E-state index is 13.3. The predicted molar refractivity (Wildman–Crippen MR) is 120 cm³/mol. The van der Waals surface area contributed by atoms with Crippen LogP contribution in [0.3, 0.4) is 0 Å². The Morgan fingerprint density at radius 2 is 1.57 bits per heavy atom. The molecule has 1 aliphatic heterocycles. The van der Waals surface area contributed by atoms with Crippen molar-refractivity contribution in [2.24, 2.45) is 16.2 Å². The van der Waals surface area contributed by atoms with Crippen molar-refractivity contribution >= 4 is 35.1 Å². The fraction of sp³-hybridized carbons (Fsp3) is 0.565. The first kappa shape index (κ1) is 24.5. The van der Waals surface area contributed by atoms with Gasteiger partial charge < -0.3 is 15.5 Å². The Labute approximate surface area is 188 Å². The monoisotopic (exact) mass is 455 g/mol. The number of halogens is 2. The molecular weight excluding hydrogens is 425 g/mol. The molecule has 3 unspecified atom stereocenters. The van der Waals surface area contributed by atoms with Gasteiger partial charge in [0.2, 0.25) is 0 Å². The molecular formula is C23H31Cl2NO4. The molecule has 0 fully saturated rings. The molecule has 0 radical (unpaired) electrons. The van der Waals surface area contributed by atoms with Gasteiger partial charge in [0, 0.05) is 11.6 Å². The molecule has 0 aromatic heterocycles. The topological polar surface area (TPSA) is 86.6 Å². The Morgan fingerprint density at radius 1 is 1.03 bits per heavy atom. The minimum Gasteiger partial charge on any atom is -0.481 e. The van der Waals surface area contributed by atoms with E-state index in [0.717, 1.165) is 0 Å². The molecule has 1 aromatic carbocycles. The normalized spacial score (nSPS) is 27.6. The van der Waals surface area contributed by atoms with Crippen LogP contribution in [0.15, 0.2) is 29.5 Å². The highest BCUT2D eigenvalue weighted by Crippen LogP contribution is 2.65. The number of hydrogen-bond acceptors (Lipinski definition) is 3. The molecule has 0 saturated carbocycles. The molecule has 3 atom stereocenters. The summed E-state index contributed by atoms with van der Waals surface area (Å²) < 4.78 is 0. The lowest BCUT2D eigenvalue weighted by atomic mass is 9.42. The molecule has 2 rings (SSSR count). The lowest BCUT2D eigenvalue weighted by Crippen LogP contribution is -2.74. The summed E-state index contributed by atoms with van der Waals surface area (Å²) in [6.07, 6.45) is 0. The van der Waals surface area contributed by atoms with E-state index in [2.05, 4.69) is 5.32 Å². The van der Waals surface area contributed by atoms with Crippen molar-refractivity contribution in [3.8, 4) is 0 Å². The highest BCUT2D eigenvalue weighted by Gasteiger charge is 2.71. The summed E-state index contributed by atoms with van der Waals surface area (Å²) >= 11 is 12.9. The minimum atomic E-state index is -1.58. The molecule has 1 aliphatic rings. The van der Waals surface area contributed by atoms with E-state index >= 15 is 0 Å². The van der Waals surface area contributed by atoms with Crippen molar-refractivity contribution in [1.82, 2.24) is 5.32 Å². The molecule has 166 valence electrons. The van der Waals surface area contributed by atoms with Crippen molar-refractivity contribution < 1.29 is 19.8 Å². The van der Waals surface area contributed by atoms with E-state index in [1.54, 1.807) is 25.1 Å². The second kappa shape index (κ2) is 7.45. The fourth-order valence-electron chi connectivity index (χ4n) is 5.30. The summed E-state index contributed by atoms with van der Waals surface area (Å²) in [5.74, 6) is -3.32. The van der Waals surface area contributed by atoms with Gasteiger partial charge in [0.25, 0.3) is 0 Å². The largest absolute Gasteiger partial charge is 0.481 e. The van der Waals surface area contributed by atoms with E-state index in [1.807, 2.05) is 48.5 Å². The van der Waals surface area contributed by atoms with Crippen molar-refractivity contribution in [3.63, 3.8) is 0 Å². The van der Waals surface area contributed by atoms with Gasteiger partial charge in [-0.1, -0.05) is 76.9 Å². The van der Waals surface area contributed by atoms with Gasteiger partial charge in [0.15, 0.2) is 0 Å². The minimum absolute atomic E-state index is 0.0155. The summed E-state index contributed by atoms with van der Waals surface area (Å²) in [6, 6.07) is 4.95. The van der Waals surface area contributed by atoms with Crippen LogP contribution in [0, 0.1) is 16.2 Å². The third-order valence-electron chi connectivity index (χ3n) is 6.90. The van der Waals surface area contributed by atoms with E-state index in [-0.39, 0.29) is 15.6 Å². The Balaban J connectivity index is 3.21. The second-order valence-electron chi connectivity index (χ2n) is 10.3. The SMILES string of the molecule is CC1=C(C(=O)O)C(c2cccc(Cl)c2Cl)C(C(=O)O)(C(C)(C)C)C(C)(C(C)(C)C)N1. The molecule has 0 bridgehead atoms. The number of carboxylic acid groups (broad SMARTS) is 2. The van der Waals surface area contributed by atoms with Crippen LogP contribution >= 0.6 is 23.2 Å². The van der Waals surface area contributed by atoms with E-state index in [9.17, 15) is 19.8 Å². The fourth-order valence-corrected chi connectivity index (χ4v) is 5.72. The van der Waals surface area contributed by atoms with E-state index < -0.39 is 39.6 Å². The van der Waals surface area contributed by atoms with Crippen LogP contribution in [0.4, 0.5) is 0 Å². The van der Waals surface area contributed by atoms with Gasteiger partial charge in [0.1, 0.15) is 5.41 Å². The van der Waals surface area contributed by atoms with Crippen molar-refractivity contribution in [1.29, 1.82) is 0 Å². The Bertz CT molecular complexity index is 926. The number of nitrogens with one attached hydrogen (secondary N) is 1. The van der Waals surface area contributed by atoms with Crippen molar-refractivity contribution in [2.45, 2.75) is 66.8 Å². The number of hydrogen-bond donors (Lipinski definition) is 3. The molecule has 7 heteroatoms. The van der Waals surface area contributed by atoms with Gasteiger partial charge in [0.05, 0.1) is 21.2 Å². The lowest BCUT2D eigenvalue weighted by Gasteiger charge is -2.64. The third-order valence-corrected chi connectivity index (χ3v) is 7.73. The molecule has 0 amide bonds. The highest BCUT2D eigenvalue weighted by molar-refractivity contribution is 6.42. The molecule has 30 heavy (non-hydrogen) atoms. The summed E-state index contributed by atoms with van der Waals surface area (Å²) in [5.41, 5.74) is -3.25. The quantitative estimate of drug-likeness (QED) is 0.523. The van der Waals surface area contributed by atoms with Crippen LogP contribution in [0.5, 0.6) is 0 Å². The number of allylic oxidation sites excluding steroid dienone is 1. The van der Waals surface area contributed by atoms with E-state index in [4.69, 9.17) is 23.2 Å². The second-order valence-corrected chi connectivity index (χ2v) is 11.1. The number of carboxylic acids is 2. The maximum Gasteiger partial charge on any atom is 0.333 e. The summed E-state index contributed by atoms with van der Waals surface area (Å²) in [4.78, 5) is 25.8. The molecule has 1 heterocycles. The molecule has 3 N–H and O–H groups in total. The van der Waals surface area contributed by atoms with Gasteiger partial charge in [-0.25, -0.2) is 4.79 Å². The Morgan fingerprint density at radius 3 is 1.97 bits per heavy atom. The molecule has 0 aliphatic carbocycles. The van der Waals surface area contributed by atoms with E-state index in [0.29, 0.717) is 11.3 Å². The van der Waals surface area contributed by atoms with E-state index in [1.165, 1.54) is 0 Å². The number of aliphatic carboxylic acids is 2. The summed E-state index contributed by atoms with van der Waals surface area (Å²) in [7, 11) is 0. The van der Waals surface area contributed by atoms with Crippen LogP contribution in [0.25, 0.3) is 0 Å². The molecule has 0 saturated heterocycles. The number of benzene rings is 1. The molecule has 5 nitrogen and oxygen atoms in total. The van der Waals surface area contributed by atoms with Crippen LogP contribution in [-0.2, 0) is 9.59 Å². The zero-order valence-electron chi connectivity index (χ0n) is 18.8. The zero-order chi connectivity index (χ0) is 23.4. The van der Waals surface area contributed by atoms with Crippen LogP contribution in [-0.4, -0.2) is 27.7 Å².